The van der Waals surface area contributed by atoms with Crippen molar-refractivity contribution in [3.63, 3.8) is 0 Å². The number of ether oxygens (including phenoxy) is 1. The number of unbranched alkanes of at least 4 members (excludes halogenated alkanes) is 1. The van der Waals surface area contributed by atoms with E-state index in [1.165, 1.54) is 0 Å². The van der Waals surface area contributed by atoms with Crippen molar-refractivity contribution in [2.24, 2.45) is 5.73 Å². The Hall–Kier alpha value is -0.340. The Balaban J connectivity index is 3.34. The Morgan fingerprint density at radius 3 is 2.73 bits per heavy atom. The lowest BCUT2D eigenvalue weighted by Crippen LogP contribution is -2.33. The van der Waals surface area contributed by atoms with Crippen molar-refractivity contribution in [2.75, 3.05) is 7.11 Å². The van der Waals surface area contributed by atoms with E-state index in [-0.39, 0.29) is 12.1 Å². The van der Waals surface area contributed by atoms with Crippen LogP contribution in [0, 0.1) is 0 Å². The van der Waals surface area contributed by atoms with Crippen LogP contribution >= 0.6 is 0 Å². The standard InChI is InChI=1S/C9H19NO/c1-4-5-6-7-9(10)8(2)11-3/h4,8-9H,1,5-7,10H2,2-3H3. The third-order valence-electron chi connectivity index (χ3n) is 1.92. The van der Waals surface area contributed by atoms with Crippen molar-refractivity contribution in [1.29, 1.82) is 0 Å². The molecule has 0 aromatic heterocycles. The molecule has 0 aromatic carbocycles. The first-order chi connectivity index (χ1) is 5.22. The van der Waals surface area contributed by atoms with Crippen molar-refractivity contribution in [3.8, 4) is 0 Å². The molecule has 0 aromatic rings. The summed E-state index contributed by atoms with van der Waals surface area (Å²) in [6.07, 6.45) is 5.26. The minimum atomic E-state index is 0.166. The van der Waals surface area contributed by atoms with E-state index in [0.717, 1.165) is 19.3 Å². The summed E-state index contributed by atoms with van der Waals surface area (Å²) < 4.78 is 5.09. The zero-order valence-electron chi connectivity index (χ0n) is 7.55. The lowest BCUT2D eigenvalue weighted by molar-refractivity contribution is 0.0924. The summed E-state index contributed by atoms with van der Waals surface area (Å²) >= 11 is 0. The Labute approximate surface area is 69.4 Å². The van der Waals surface area contributed by atoms with Gasteiger partial charge in [0, 0.05) is 13.2 Å². The quantitative estimate of drug-likeness (QED) is 0.470. The van der Waals surface area contributed by atoms with Crippen LogP contribution in [0.5, 0.6) is 0 Å². The molecule has 11 heavy (non-hydrogen) atoms. The van der Waals surface area contributed by atoms with Crippen LogP contribution in [0.3, 0.4) is 0 Å². The van der Waals surface area contributed by atoms with Gasteiger partial charge in [-0.15, -0.1) is 6.58 Å². The van der Waals surface area contributed by atoms with Crippen LogP contribution < -0.4 is 5.73 Å². The average Bonchev–Trinajstić information content (AvgIpc) is 2.03. The van der Waals surface area contributed by atoms with E-state index in [2.05, 4.69) is 6.58 Å². The summed E-state index contributed by atoms with van der Waals surface area (Å²) in [5.41, 5.74) is 5.81. The first-order valence-electron chi connectivity index (χ1n) is 4.11. The molecule has 2 unspecified atom stereocenters. The SMILES string of the molecule is C=CCCCC(N)C(C)OC. The summed E-state index contributed by atoms with van der Waals surface area (Å²) in [6.45, 7) is 5.65. The molecule has 2 atom stereocenters. The van der Waals surface area contributed by atoms with Crippen LogP contribution in [0.1, 0.15) is 26.2 Å². The fourth-order valence-corrected chi connectivity index (χ4v) is 0.907. The molecule has 2 N–H and O–H groups in total. The zero-order chi connectivity index (χ0) is 8.69. The average molecular weight is 157 g/mol. The van der Waals surface area contributed by atoms with E-state index in [1.807, 2.05) is 13.0 Å². The first kappa shape index (κ1) is 10.7. The number of nitrogens with two attached hydrogens (primary N) is 1. The number of allylic oxidation sites excluding steroid dienone is 1. The van der Waals surface area contributed by atoms with E-state index in [9.17, 15) is 0 Å². The monoisotopic (exact) mass is 157 g/mol. The van der Waals surface area contributed by atoms with Crippen LogP contribution in [-0.2, 0) is 4.74 Å². The van der Waals surface area contributed by atoms with Crippen molar-refractivity contribution in [3.05, 3.63) is 12.7 Å². The molecular formula is C9H19NO. The van der Waals surface area contributed by atoms with Gasteiger partial charge >= 0.3 is 0 Å². The minimum Gasteiger partial charge on any atom is -0.380 e. The summed E-state index contributed by atoms with van der Waals surface area (Å²) in [6, 6.07) is 0.167. The third kappa shape index (κ3) is 4.99. The number of methoxy groups -OCH3 is 1. The Morgan fingerprint density at radius 1 is 1.64 bits per heavy atom. The summed E-state index contributed by atoms with van der Waals surface area (Å²) in [5.74, 6) is 0. The summed E-state index contributed by atoms with van der Waals surface area (Å²) in [7, 11) is 1.69. The van der Waals surface area contributed by atoms with Gasteiger partial charge in [0.1, 0.15) is 0 Å². The number of hydrogen-bond donors (Lipinski definition) is 1. The maximum Gasteiger partial charge on any atom is 0.0694 e. The van der Waals surface area contributed by atoms with Gasteiger partial charge in [0.25, 0.3) is 0 Å². The molecular weight excluding hydrogens is 138 g/mol. The molecule has 0 bridgehead atoms. The lowest BCUT2D eigenvalue weighted by Gasteiger charge is -2.17. The molecule has 0 saturated carbocycles. The molecule has 2 heteroatoms. The molecule has 66 valence electrons. The Morgan fingerprint density at radius 2 is 2.27 bits per heavy atom. The van der Waals surface area contributed by atoms with Crippen LogP contribution in [0.15, 0.2) is 12.7 Å². The molecule has 0 aliphatic heterocycles. The van der Waals surface area contributed by atoms with Crippen LogP contribution in [0.4, 0.5) is 0 Å². The number of rotatable bonds is 6. The van der Waals surface area contributed by atoms with Crippen molar-refractivity contribution in [2.45, 2.75) is 38.3 Å². The fourth-order valence-electron chi connectivity index (χ4n) is 0.907. The second kappa shape index (κ2) is 6.38. The maximum atomic E-state index is 5.81. The smallest absolute Gasteiger partial charge is 0.0694 e. The van der Waals surface area contributed by atoms with Gasteiger partial charge < -0.3 is 10.5 Å². The molecule has 0 amide bonds. The van der Waals surface area contributed by atoms with E-state index in [0.29, 0.717) is 0 Å². The molecule has 0 rings (SSSR count). The van der Waals surface area contributed by atoms with Gasteiger partial charge in [0.2, 0.25) is 0 Å². The molecule has 0 fully saturated rings. The molecule has 0 aliphatic carbocycles. The normalized spacial score (nSPS) is 15.9. The van der Waals surface area contributed by atoms with Crippen molar-refractivity contribution >= 4 is 0 Å². The summed E-state index contributed by atoms with van der Waals surface area (Å²) in [5, 5.41) is 0. The van der Waals surface area contributed by atoms with Gasteiger partial charge in [-0.25, -0.2) is 0 Å². The second-order valence-electron chi connectivity index (χ2n) is 2.82. The van der Waals surface area contributed by atoms with Crippen LogP contribution in [-0.4, -0.2) is 19.3 Å². The first-order valence-corrected chi connectivity index (χ1v) is 4.11. The van der Waals surface area contributed by atoms with Crippen molar-refractivity contribution < 1.29 is 4.74 Å². The minimum absolute atomic E-state index is 0.166. The third-order valence-corrected chi connectivity index (χ3v) is 1.92. The zero-order valence-corrected chi connectivity index (χ0v) is 7.55. The highest BCUT2D eigenvalue weighted by molar-refractivity contribution is 4.72. The molecule has 0 spiro atoms. The lowest BCUT2D eigenvalue weighted by atomic mass is 10.1. The highest BCUT2D eigenvalue weighted by Gasteiger charge is 2.09. The topological polar surface area (TPSA) is 35.2 Å². The van der Waals surface area contributed by atoms with E-state index in [1.54, 1.807) is 7.11 Å². The molecule has 0 aliphatic rings. The van der Waals surface area contributed by atoms with Gasteiger partial charge in [0.15, 0.2) is 0 Å². The molecule has 0 heterocycles. The molecule has 2 nitrogen and oxygen atoms in total. The maximum absolute atomic E-state index is 5.81. The fraction of sp³-hybridized carbons (Fsp3) is 0.778. The van der Waals surface area contributed by atoms with Crippen molar-refractivity contribution in [1.82, 2.24) is 0 Å². The highest BCUT2D eigenvalue weighted by atomic mass is 16.5. The predicted molar refractivity (Wildman–Crippen MR) is 48.5 cm³/mol. The highest BCUT2D eigenvalue weighted by Crippen LogP contribution is 2.04. The van der Waals surface area contributed by atoms with Crippen LogP contribution in [0.25, 0.3) is 0 Å². The molecule has 0 radical (unpaired) electrons. The van der Waals surface area contributed by atoms with E-state index >= 15 is 0 Å². The number of hydrogen-bond acceptors (Lipinski definition) is 2. The van der Waals surface area contributed by atoms with Gasteiger partial charge in [0.05, 0.1) is 6.10 Å². The van der Waals surface area contributed by atoms with Crippen LogP contribution in [0.2, 0.25) is 0 Å². The van der Waals surface area contributed by atoms with Gasteiger partial charge in [-0.3, -0.25) is 0 Å². The van der Waals surface area contributed by atoms with E-state index in [4.69, 9.17) is 10.5 Å². The molecule has 0 saturated heterocycles. The second-order valence-corrected chi connectivity index (χ2v) is 2.82. The van der Waals surface area contributed by atoms with Gasteiger partial charge in [-0.1, -0.05) is 6.08 Å². The summed E-state index contributed by atoms with van der Waals surface area (Å²) in [4.78, 5) is 0. The Kier molecular flexibility index (Phi) is 6.18. The Bertz CT molecular complexity index is 104. The predicted octanol–water partition coefficient (Wildman–Crippen LogP) is 1.70. The largest absolute Gasteiger partial charge is 0.380 e. The van der Waals surface area contributed by atoms with Gasteiger partial charge in [-0.05, 0) is 26.2 Å². The van der Waals surface area contributed by atoms with Gasteiger partial charge in [-0.2, -0.15) is 0 Å². The van der Waals surface area contributed by atoms with E-state index < -0.39 is 0 Å².